The highest BCUT2D eigenvalue weighted by molar-refractivity contribution is 7.11. The van der Waals surface area contributed by atoms with Gasteiger partial charge in [-0.1, -0.05) is 6.92 Å². The zero-order valence-electron chi connectivity index (χ0n) is 14.7. The molecule has 1 aromatic carbocycles. The minimum absolute atomic E-state index is 0.288. The zero-order valence-corrected chi connectivity index (χ0v) is 15.5. The lowest BCUT2D eigenvalue weighted by atomic mass is 10.3. The van der Waals surface area contributed by atoms with Crippen LogP contribution < -0.4 is 9.47 Å². The quantitative estimate of drug-likeness (QED) is 0.710. The molecule has 0 aliphatic carbocycles. The van der Waals surface area contributed by atoms with Gasteiger partial charge in [0, 0.05) is 22.8 Å². The molecule has 1 atom stereocenters. The van der Waals surface area contributed by atoms with E-state index < -0.39 is 6.10 Å². The Hall–Kier alpha value is -1.56. The number of thiophene rings is 1. The van der Waals surface area contributed by atoms with Crippen LogP contribution in [0.5, 0.6) is 11.5 Å². The fourth-order valence-electron chi connectivity index (χ4n) is 2.56. The van der Waals surface area contributed by atoms with Gasteiger partial charge in [0.1, 0.15) is 24.2 Å². The third-order valence-corrected chi connectivity index (χ3v) is 4.67. The second kappa shape index (κ2) is 9.67. The van der Waals surface area contributed by atoms with Gasteiger partial charge in [0.2, 0.25) is 0 Å². The van der Waals surface area contributed by atoms with Crippen molar-refractivity contribution < 1.29 is 14.6 Å². The summed E-state index contributed by atoms with van der Waals surface area (Å²) in [5.41, 5.74) is 0. The number of methoxy groups -OCH3 is 1. The lowest BCUT2D eigenvalue weighted by molar-refractivity contribution is 0.0659. The minimum Gasteiger partial charge on any atom is -0.497 e. The van der Waals surface area contributed by atoms with Crippen molar-refractivity contribution in [3.63, 3.8) is 0 Å². The van der Waals surface area contributed by atoms with Crippen molar-refractivity contribution in [3.05, 3.63) is 46.2 Å². The maximum Gasteiger partial charge on any atom is 0.119 e. The summed E-state index contributed by atoms with van der Waals surface area (Å²) in [6, 6.07) is 11.7. The van der Waals surface area contributed by atoms with Gasteiger partial charge in [-0.25, -0.2) is 0 Å². The predicted molar refractivity (Wildman–Crippen MR) is 99.1 cm³/mol. The van der Waals surface area contributed by atoms with Crippen molar-refractivity contribution in [3.8, 4) is 11.5 Å². The van der Waals surface area contributed by atoms with E-state index in [0.717, 1.165) is 31.0 Å². The minimum atomic E-state index is -0.514. The van der Waals surface area contributed by atoms with Gasteiger partial charge in [-0.15, -0.1) is 11.3 Å². The molecule has 0 saturated heterocycles. The van der Waals surface area contributed by atoms with E-state index in [9.17, 15) is 5.11 Å². The van der Waals surface area contributed by atoms with Gasteiger partial charge in [0.15, 0.2) is 0 Å². The summed E-state index contributed by atoms with van der Waals surface area (Å²) in [7, 11) is 1.64. The van der Waals surface area contributed by atoms with Gasteiger partial charge >= 0.3 is 0 Å². The molecule has 0 bridgehead atoms. The molecular formula is C19H27NO3S. The van der Waals surface area contributed by atoms with Crippen molar-refractivity contribution in [1.82, 2.24) is 4.90 Å². The van der Waals surface area contributed by atoms with Crippen LogP contribution in [0.3, 0.4) is 0 Å². The van der Waals surface area contributed by atoms with Gasteiger partial charge in [-0.3, -0.25) is 4.90 Å². The lowest BCUT2D eigenvalue weighted by Crippen LogP contribution is -2.35. The summed E-state index contributed by atoms with van der Waals surface area (Å²) in [5, 5.41) is 10.3. The summed E-state index contributed by atoms with van der Waals surface area (Å²) in [4.78, 5) is 4.95. The largest absolute Gasteiger partial charge is 0.497 e. The van der Waals surface area contributed by atoms with Crippen molar-refractivity contribution in [2.24, 2.45) is 0 Å². The van der Waals surface area contributed by atoms with Gasteiger partial charge in [-0.2, -0.15) is 0 Å². The summed E-state index contributed by atoms with van der Waals surface area (Å²) in [6.45, 7) is 7.03. The standard InChI is InChI=1S/C19H27NO3S/c1-4-11-20(13-19-10-5-15(2)24-19)12-16(21)14-23-18-8-6-17(22-3)7-9-18/h5-10,16,21H,4,11-14H2,1-3H3. The molecule has 0 aliphatic rings. The first-order chi connectivity index (χ1) is 11.6. The van der Waals surface area contributed by atoms with E-state index in [1.165, 1.54) is 9.75 Å². The third kappa shape index (κ3) is 6.15. The Bertz CT molecular complexity index is 597. The van der Waals surface area contributed by atoms with Crippen molar-refractivity contribution in [1.29, 1.82) is 0 Å². The summed E-state index contributed by atoms with van der Waals surface area (Å²) in [5.74, 6) is 1.54. The number of aliphatic hydroxyl groups excluding tert-OH is 1. The van der Waals surface area contributed by atoms with E-state index in [-0.39, 0.29) is 6.61 Å². The smallest absolute Gasteiger partial charge is 0.119 e. The molecule has 132 valence electrons. The SMILES string of the molecule is CCCN(Cc1ccc(C)s1)CC(O)COc1ccc(OC)cc1. The molecule has 24 heavy (non-hydrogen) atoms. The van der Waals surface area contributed by atoms with E-state index in [0.29, 0.717) is 6.54 Å². The summed E-state index contributed by atoms with van der Waals surface area (Å²) >= 11 is 1.82. The number of nitrogens with zero attached hydrogens (tertiary/aromatic N) is 1. The summed E-state index contributed by atoms with van der Waals surface area (Å²) in [6.07, 6.45) is 0.552. The number of aliphatic hydroxyl groups is 1. The molecule has 0 spiro atoms. The molecule has 0 amide bonds. The second-order valence-electron chi connectivity index (χ2n) is 5.89. The van der Waals surface area contributed by atoms with Crippen LogP contribution in [0, 0.1) is 6.92 Å². The molecule has 1 N–H and O–H groups in total. The van der Waals surface area contributed by atoms with Crippen LogP contribution in [0.2, 0.25) is 0 Å². The molecular weight excluding hydrogens is 322 g/mol. The first-order valence-corrected chi connectivity index (χ1v) is 9.15. The van der Waals surface area contributed by atoms with Gasteiger partial charge < -0.3 is 14.6 Å². The Morgan fingerprint density at radius 1 is 1.12 bits per heavy atom. The number of aryl methyl sites for hydroxylation is 1. The molecule has 1 aromatic heterocycles. The molecule has 1 unspecified atom stereocenters. The molecule has 0 aliphatic heterocycles. The number of hydrogen-bond donors (Lipinski definition) is 1. The van der Waals surface area contributed by atoms with Crippen LogP contribution >= 0.6 is 11.3 Å². The first-order valence-electron chi connectivity index (χ1n) is 8.33. The van der Waals surface area contributed by atoms with Crippen molar-refractivity contribution >= 4 is 11.3 Å². The van der Waals surface area contributed by atoms with Gasteiger partial charge in [0.25, 0.3) is 0 Å². The molecule has 5 heteroatoms. The Balaban J connectivity index is 1.81. The first kappa shape index (κ1) is 18.8. The fraction of sp³-hybridized carbons (Fsp3) is 0.474. The predicted octanol–water partition coefficient (Wildman–Crippen LogP) is 3.72. The van der Waals surface area contributed by atoms with Crippen LogP contribution in [0.25, 0.3) is 0 Å². The molecule has 2 rings (SSSR count). The molecule has 4 nitrogen and oxygen atoms in total. The average molecular weight is 349 g/mol. The fourth-order valence-corrected chi connectivity index (χ4v) is 3.49. The number of rotatable bonds is 10. The highest BCUT2D eigenvalue weighted by Crippen LogP contribution is 2.19. The van der Waals surface area contributed by atoms with Gasteiger partial charge in [-0.05, 0) is 56.3 Å². The van der Waals surface area contributed by atoms with E-state index in [1.807, 2.05) is 35.6 Å². The lowest BCUT2D eigenvalue weighted by Gasteiger charge is -2.24. The van der Waals surface area contributed by atoms with Crippen LogP contribution in [0.4, 0.5) is 0 Å². The molecule has 1 heterocycles. The van der Waals surface area contributed by atoms with Crippen LogP contribution in [0.1, 0.15) is 23.1 Å². The average Bonchev–Trinajstić information content (AvgIpc) is 2.98. The normalized spacial score (nSPS) is 12.4. The van der Waals surface area contributed by atoms with Crippen LogP contribution in [-0.4, -0.2) is 42.9 Å². The topological polar surface area (TPSA) is 41.9 Å². The van der Waals surface area contributed by atoms with Crippen LogP contribution in [-0.2, 0) is 6.54 Å². The highest BCUT2D eigenvalue weighted by Gasteiger charge is 2.13. The number of benzene rings is 1. The Morgan fingerprint density at radius 2 is 1.83 bits per heavy atom. The molecule has 2 aromatic rings. The third-order valence-electron chi connectivity index (χ3n) is 3.69. The maximum absolute atomic E-state index is 10.3. The van der Waals surface area contributed by atoms with Crippen molar-refractivity contribution in [2.45, 2.75) is 32.9 Å². The summed E-state index contributed by atoms with van der Waals surface area (Å²) < 4.78 is 10.8. The second-order valence-corrected chi connectivity index (χ2v) is 7.26. The Kier molecular flexibility index (Phi) is 7.56. The maximum atomic E-state index is 10.3. The number of hydrogen-bond acceptors (Lipinski definition) is 5. The molecule has 0 fully saturated rings. The van der Waals surface area contributed by atoms with E-state index >= 15 is 0 Å². The van der Waals surface area contributed by atoms with E-state index in [4.69, 9.17) is 9.47 Å². The number of ether oxygens (including phenoxy) is 2. The van der Waals surface area contributed by atoms with E-state index in [1.54, 1.807) is 7.11 Å². The zero-order chi connectivity index (χ0) is 17.4. The Labute approximate surface area is 148 Å². The molecule has 0 saturated carbocycles. The van der Waals surface area contributed by atoms with E-state index in [2.05, 4.69) is 30.9 Å². The van der Waals surface area contributed by atoms with Crippen molar-refractivity contribution in [2.75, 3.05) is 26.8 Å². The van der Waals surface area contributed by atoms with Gasteiger partial charge in [0.05, 0.1) is 7.11 Å². The highest BCUT2D eigenvalue weighted by atomic mass is 32.1. The Morgan fingerprint density at radius 3 is 2.42 bits per heavy atom. The van der Waals surface area contributed by atoms with Crippen LogP contribution in [0.15, 0.2) is 36.4 Å². The monoisotopic (exact) mass is 349 g/mol. The molecule has 0 radical (unpaired) electrons.